The monoisotopic (exact) mass is 250 g/mol. The number of carbonyl (C=O) groups is 1. The highest BCUT2D eigenvalue weighted by Gasteiger charge is 2.21. The second-order valence-corrected chi connectivity index (χ2v) is 4.22. The van der Waals surface area contributed by atoms with E-state index in [4.69, 9.17) is 10.4 Å². The van der Waals surface area contributed by atoms with Crippen molar-refractivity contribution in [2.75, 3.05) is 5.32 Å². The Kier molecular flexibility index (Phi) is 4.72. The number of aromatic nitrogens is 2. The molecule has 0 bridgehead atoms. The van der Waals surface area contributed by atoms with Crippen molar-refractivity contribution in [3.8, 4) is 6.07 Å². The van der Waals surface area contributed by atoms with Gasteiger partial charge in [0.05, 0.1) is 5.69 Å². The summed E-state index contributed by atoms with van der Waals surface area (Å²) >= 11 is 0. The zero-order chi connectivity index (χ0) is 13.7. The Morgan fingerprint density at radius 2 is 2.33 bits per heavy atom. The van der Waals surface area contributed by atoms with Crippen molar-refractivity contribution in [3.05, 3.63) is 11.3 Å². The number of aliphatic carboxylic acids is 1. The minimum atomic E-state index is -0.911. The van der Waals surface area contributed by atoms with Crippen LogP contribution in [-0.2, 0) is 11.8 Å². The van der Waals surface area contributed by atoms with Gasteiger partial charge in [0.25, 0.3) is 0 Å². The number of hydrogen-bond acceptors (Lipinski definition) is 4. The van der Waals surface area contributed by atoms with E-state index in [1.165, 1.54) is 4.68 Å². The third kappa shape index (κ3) is 3.00. The molecule has 6 heteroatoms. The summed E-state index contributed by atoms with van der Waals surface area (Å²) in [6, 6.07) is 1.36. The molecule has 0 saturated heterocycles. The van der Waals surface area contributed by atoms with E-state index in [0.717, 1.165) is 12.8 Å². The predicted octanol–water partition coefficient (Wildman–Crippen LogP) is 1.66. The molecule has 1 heterocycles. The van der Waals surface area contributed by atoms with Gasteiger partial charge in [0.15, 0.2) is 0 Å². The van der Waals surface area contributed by atoms with Gasteiger partial charge in [0, 0.05) is 7.05 Å². The smallest absolute Gasteiger partial charge is 0.326 e. The van der Waals surface area contributed by atoms with Crippen LogP contribution in [0.1, 0.15) is 37.4 Å². The fourth-order valence-electron chi connectivity index (χ4n) is 1.79. The van der Waals surface area contributed by atoms with Gasteiger partial charge in [-0.3, -0.25) is 4.68 Å². The van der Waals surface area contributed by atoms with Gasteiger partial charge in [0.1, 0.15) is 23.5 Å². The molecule has 2 N–H and O–H groups in total. The van der Waals surface area contributed by atoms with E-state index in [2.05, 4.69) is 10.4 Å². The summed E-state index contributed by atoms with van der Waals surface area (Å²) in [6.07, 6.45) is 2.28. The lowest BCUT2D eigenvalue weighted by atomic mass is 10.1. The summed E-state index contributed by atoms with van der Waals surface area (Å²) in [7, 11) is 1.69. The Labute approximate surface area is 106 Å². The van der Waals surface area contributed by atoms with E-state index in [-0.39, 0.29) is 0 Å². The molecule has 18 heavy (non-hydrogen) atoms. The summed E-state index contributed by atoms with van der Waals surface area (Å²) in [5.41, 5.74) is 1.00. The van der Waals surface area contributed by atoms with Gasteiger partial charge in [-0.1, -0.05) is 19.8 Å². The molecule has 0 amide bonds. The number of unbranched alkanes of at least 4 members (excludes halogenated alkanes) is 1. The Balaban J connectivity index is 2.94. The molecule has 1 aromatic rings. The van der Waals surface area contributed by atoms with Gasteiger partial charge < -0.3 is 10.4 Å². The molecule has 1 rings (SSSR count). The molecule has 0 spiro atoms. The van der Waals surface area contributed by atoms with Crippen LogP contribution in [0.4, 0.5) is 5.82 Å². The van der Waals surface area contributed by atoms with Crippen LogP contribution in [0.25, 0.3) is 0 Å². The maximum atomic E-state index is 11.2. The highest BCUT2D eigenvalue weighted by Crippen LogP contribution is 2.19. The number of rotatable bonds is 6. The molecule has 0 saturated carbocycles. The van der Waals surface area contributed by atoms with Crippen molar-refractivity contribution in [1.82, 2.24) is 9.78 Å². The summed E-state index contributed by atoms with van der Waals surface area (Å²) in [5.74, 6) is -0.440. The largest absolute Gasteiger partial charge is 0.480 e. The quantitative estimate of drug-likeness (QED) is 0.801. The second-order valence-electron chi connectivity index (χ2n) is 4.22. The fourth-order valence-corrected chi connectivity index (χ4v) is 1.79. The number of anilines is 1. The first-order chi connectivity index (χ1) is 8.51. The van der Waals surface area contributed by atoms with Gasteiger partial charge in [-0.25, -0.2) is 4.79 Å². The van der Waals surface area contributed by atoms with Gasteiger partial charge in [-0.2, -0.15) is 10.4 Å². The molecule has 0 aromatic carbocycles. The minimum absolute atomic E-state index is 0.403. The number of nitriles is 1. The van der Waals surface area contributed by atoms with Crippen LogP contribution < -0.4 is 5.32 Å². The first kappa shape index (κ1) is 14.0. The van der Waals surface area contributed by atoms with Crippen molar-refractivity contribution in [1.29, 1.82) is 5.26 Å². The Hall–Kier alpha value is -2.03. The first-order valence-corrected chi connectivity index (χ1v) is 5.94. The average Bonchev–Trinajstić information content (AvgIpc) is 2.58. The second kappa shape index (κ2) is 6.05. The van der Waals surface area contributed by atoms with E-state index < -0.39 is 12.0 Å². The standard InChI is InChI=1S/C12H18N4O2/c1-4-5-6-10(12(17)18)14-11-9(7-13)8(2)15-16(11)3/h10,14H,4-6H2,1-3H3,(H,17,18). The number of carboxylic acid groups (broad SMARTS) is 1. The third-order valence-electron chi connectivity index (χ3n) is 2.79. The SMILES string of the molecule is CCCCC(Nc1c(C#N)c(C)nn1C)C(=O)O. The molecular formula is C12H18N4O2. The summed E-state index contributed by atoms with van der Waals surface area (Å²) in [4.78, 5) is 11.2. The molecule has 0 fully saturated rings. The van der Waals surface area contributed by atoms with Crippen LogP contribution in [-0.4, -0.2) is 26.9 Å². The maximum Gasteiger partial charge on any atom is 0.326 e. The van der Waals surface area contributed by atoms with E-state index >= 15 is 0 Å². The predicted molar refractivity (Wildman–Crippen MR) is 67.2 cm³/mol. The number of nitrogens with one attached hydrogen (secondary N) is 1. The summed E-state index contributed by atoms with van der Waals surface area (Å²) in [6.45, 7) is 3.74. The minimum Gasteiger partial charge on any atom is -0.480 e. The normalized spacial score (nSPS) is 11.9. The summed E-state index contributed by atoms with van der Waals surface area (Å²) < 4.78 is 1.51. The van der Waals surface area contributed by atoms with Crippen LogP contribution in [0, 0.1) is 18.3 Å². The topological polar surface area (TPSA) is 90.9 Å². The van der Waals surface area contributed by atoms with Gasteiger partial charge in [0.2, 0.25) is 0 Å². The zero-order valence-electron chi connectivity index (χ0n) is 10.9. The van der Waals surface area contributed by atoms with Crippen LogP contribution in [0.5, 0.6) is 0 Å². The molecular weight excluding hydrogens is 232 g/mol. The maximum absolute atomic E-state index is 11.2. The number of hydrogen-bond donors (Lipinski definition) is 2. The van der Waals surface area contributed by atoms with E-state index in [1.54, 1.807) is 14.0 Å². The summed E-state index contributed by atoms with van der Waals surface area (Å²) in [5, 5.41) is 25.2. The molecule has 1 unspecified atom stereocenters. The molecule has 6 nitrogen and oxygen atoms in total. The van der Waals surface area contributed by atoms with Crippen LogP contribution in [0.2, 0.25) is 0 Å². The van der Waals surface area contributed by atoms with Gasteiger partial charge in [-0.05, 0) is 13.3 Å². The third-order valence-corrected chi connectivity index (χ3v) is 2.79. The van der Waals surface area contributed by atoms with Crippen molar-refractivity contribution in [2.45, 2.75) is 39.2 Å². The Bertz CT molecular complexity index is 473. The average molecular weight is 250 g/mol. The first-order valence-electron chi connectivity index (χ1n) is 5.94. The van der Waals surface area contributed by atoms with E-state index in [0.29, 0.717) is 23.5 Å². The molecule has 1 aromatic heterocycles. The van der Waals surface area contributed by atoms with Crippen molar-refractivity contribution in [3.63, 3.8) is 0 Å². The molecule has 98 valence electrons. The lowest BCUT2D eigenvalue weighted by molar-refractivity contribution is -0.138. The Morgan fingerprint density at radius 1 is 1.67 bits per heavy atom. The van der Waals surface area contributed by atoms with Crippen molar-refractivity contribution < 1.29 is 9.90 Å². The molecule has 0 aliphatic heterocycles. The lowest BCUT2D eigenvalue weighted by Gasteiger charge is -2.15. The number of aryl methyl sites for hydroxylation is 2. The van der Waals surface area contributed by atoms with E-state index in [9.17, 15) is 4.79 Å². The fraction of sp³-hybridized carbons (Fsp3) is 0.583. The molecule has 0 radical (unpaired) electrons. The number of nitrogens with zero attached hydrogens (tertiary/aromatic N) is 3. The van der Waals surface area contributed by atoms with Gasteiger partial charge >= 0.3 is 5.97 Å². The highest BCUT2D eigenvalue weighted by atomic mass is 16.4. The van der Waals surface area contributed by atoms with Gasteiger partial charge in [-0.15, -0.1) is 0 Å². The Morgan fingerprint density at radius 3 is 2.83 bits per heavy atom. The van der Waals surface area contributed by atoms with Crippen molar-refractivity contribution in [2.24, 2.45) is 7.05 Å². The zero-order valence-corrected chi connectivity index (χ0v) is 10.9. The molecule has 0 aliphatic carbocycles. The van der Waals surface area contributed by atoms with Crippen molar-refractivity contribution >= 4 is 11.8 Å². The lowest BCUT2D eigenvalue weighted by Crippen LogP contribution is -2.30. The molecule has 1 atom stereocenters. The highest BCUT2D eigenvalue weighted by molar-refractivity contribution is 5.77. The molecule has 0 aliphatic rings. The van der Waals surface area contributed by atoms with Crippen LogP contribution >= 0.6 is 0 Å². The van der Waals surface area contributed by atoms with E-state index in [1.807, 2.05) is 13.0 Å². The van der Waals surface area contributed by atoms with Crippen LogP contribution in [0.15, 0.2) is 0 Å². The number of carboxylic acids is 1. The van der Waals surface area contributed by atoms with Crippen LogP contribution in [0.3, 0.4) is 0 Å².